The van der Waals surface area contributed by atoms with Crippen molar-refractivity contribution >= 4 is 32.6 Å². The van der Waals surface area contributed by atoms with Crippen molar-refractivity contribution < 1.29 is 13.9 Å². The van der Waals surface area contributed by atoms with Crippen LogP contribution in [0.2, 0.25) is 0 Å². The lowest BCUT2D eigenvalue weighted by molar-refractivity contribution is -0.119. The van der Waals surface area contributed by atoms with Crippen LogP contribution in [0.1, 0.15) is 12.1 Å². The fourth-order valence-corrected chi connectivity index (χ4v) is 3.72. The third-order valence-corrected chi connectivity index (χ3v) is 5.12. The number of nitrogens with one attached hydrogen (secondary N) is 1. The number of fused-ring (bicyclic) bond motifs is 1. The number of H-pyrrole nitrogens is 1. The first kappa shape index (κ1) is 18.1. The maximum atomic E-state index is 13.5. The Morgan fingerprint density at radius 2 is 2.07 bits per heavy atom. The average molecular weight is 396 g/mol. The molecule has 0 radical (unpaired) electrons. The van der Waals surface area contributed by atoms with Crippen LogP contribution in [0.4, 0.5) is 9.52 Å². The zero-order valence-electron chi connectivity index (χ0n) is 14.8. The number of thiazole rings is 1. The summed E-state index contributed by atoms with van der Waals surface area (Å²) >= 11 is 1.28. The van der Waals surface area contributed by atoms with Crippen molar-refractivity contribution in [2.75, 3.05) is 11.5 Å². The summed E-state index contributed by atoms with van der Waals surface area (Å²) in [5, 5.41) is 0.514. The molecule has 0 atom stereocenters. The zero-order valence-corrected chi connectivity index (χ0v) is 15.7. The Kier molecular flexibility index (Phi) is 5.29. The number of anilines is 1. The van der Waals surface area contributed by atoms with E-state index in [1.807, 2.05) is 30.3 Å². The fraction of sp³-hybridized carbons (Fsp3) is 0.150. The van der Waals surface area contributed by atoms with Gasteiger partial charge >= 0.3 is 0 Å². The minimum absolute atomic E-state index is 0.134. The van der Waals surface area contributed by atoms with Crippen molar-refractivity contribution in [3.8, 4) is 5.75 Å². The lowest BCUT2D eigenvalue weighted by Crippen LogP contribution is -2.31. The molecule has 0 aliphatic carbocycles. The maximum absolute atomic E-state index is 13.5. The van der Waals surface area contributed by atoms with E-state index in [2.05, 4.69) is 15.0 Å². The van der Waals surface area contributed by atoms with Crippen LogP contribution in [0.3, 0.4) is 0 Å². The summed E-state index contributed by atoms with van der Waals surface area (Å²) in [6.07, 6.45) is 3.41. The molecule has 2 aromatic heterocycles. The molecule has 0 saturated heterocycles. The molecule has 2 aromatic carbocycles. The Morgan fingerprint density at radius 1 is 1.21 bits per heavy atom. The topological polar surface area (TPSA) is 71.1 Å². The van der Waals surface area contributed by atoms with Gasteiger partial charge < -0.3 is 9.72 Å². The van der Waals surface area contributed by atoms with Crippen molar-refractivity contribution in [3.63, 3.8) is 0 Å². The lowest BCUT2D eigenvalue weighted by Gasteiger charge is -2.19. The van der Waals surface area contributed by atoms with Gasteiger partial charge in [0.25, 0.3) is 0 Å². The number of halogens is 1. The first-order chi connectivity index (χ1) is 13.7. The van der Waals surface area contributed by atoms with E-state index in [4.69, 9.17) is 4.74 Å². The standard InChI is InChI=1S/C20H17FN4O2S/c21-14-6-7-17-18(10-14)28-20(24-17)25(12-15-11-22-13-23-15)19(26)8-9-27-16-4-2-1-3-5-16/h1-7,10-11,13H,8-9,12H2,(H,22,23). The van der Waals surface area contributed by atoms with Crippen LogP contribution in [-0.2, 0) is 11.3 Å². The summed E-state index contributed by atoms with van der Waals surface area (Å²) in [7, 11) is 0. The quantitative estimate of drug-likeness (QED) is 0.509. The van der Waals surface area contributed by atoms with Crippen LogP contribution in [-0.4, -0.2) is 27.5 Å². The van der Waals surface area contributed by atoms with Crippen molar-refractivity contribution in [2.24, 2.45) is 0 Å². The summed E-state index contributed by atoms with van der Waals surface area (Å²) in [6, 6.07) is 13.7. The molecule has 0 bridgehead atoms. The van der Waals surface area contributed by atoms with Gasteiger partial charge in [0.1, 0.15) is 11.6 Å². The Bertz CT molecular complexity index is 1070. The molecule has 2 heterocycles. The number of hydrogen-bond acceptors (Lipinski definition) is 5. The van der Waals surface area contributed by atoms with Gasteiger partial charge in [-0.05, 0) is 30.3 Å². The van der Waals surface area contributed by atoms with E-state index in [1.165, 1.54) is 23.5 Å². The molecule has 1 amide bonds. The third-order valence-electron chi connectivity index (χ3n) is 4.08. The normalized spacial score (nSPS) is 10.9. The summed E-state index contributed by atoms with van der Waals surface area (Å²) in [4.78, 5) is 26.0. The Balaban J connectivity index is 1.52. The number of amides is 1. The number of ether oxygens (including phenoxy) is 1. The predicted molar refractivity (Wildman–Crippen MR) is 106 cm³/mol. The number of benzene rings is 2. The molecule has 0 saturated carbocycles. The Hall–Kier alpha value is -3.26. The molecule has 0 aliphatic rings. The number of imidazole rings is 1. The van der Waals surface area contributed by atoms with E-state index in [9.17, 15) is 9.18 Å². The van der Waals surface area contributed by atoms with Crippen LogP contribution in [0.5, 0.6) is 5.75 Å². The fourth-order valence-electron chi connectivity index (χ4n) is 2.71. The number of aromatic nitrogens is 3. The molecule has 4 aromatic rings. The van der Waals surface area contributed by atoms with Crippen LogP contribution >= 0.6 is 11.3 Å². The highest BCUT2D eigenvalue weighted by Gasteiger charge is 2.21. The number of nitrogens with zero attached hydrogens (tertiary/aromatic N) is 3. The highest BCUT2D eigenvalue weighted by Crippen LogP contribution is 2.30. The summed E-state index contributed by atoms with van der Waals surface area (Å²) in [5.74, 6) is 0.251. The number of carbonyl (C=O) groups is 1. The van der Waals surface area contributed by atoms with Crippen LogP contribution in [0.15, 0.2) is 61.1 Å². The molecule has 6 nitrogen and oxygen atoms in total. The second-order valence-corrected chi connectivity index (χ2v) is 7.09. The van der Waals surface area contributed by atoms with Crippen molar-refractivity contribution in [2.45, 2.75) is 13.0 Å². The van der Waals surface area contributed by atoms with Crippen LogP contribution in [0.25, 0.3) is 10.2 Å². The van der Waals surface area contributed by atoms with Gasteiger partial charge in [0.15, 0.2) is 5.13 Å². The Morgan fingerprint density at radius 3 is 2.86 bits per heavy atom. The maximum Gasteiger partial charge on any atom is 0.232 e. The number of aromatic amines is 1. The number of carbonyl (C=O) groups excluding carboxylic acids is 1. The van der Waals surface area contributed by atoms with E-state index in [-0.39, 0.29) is 24.8 Å². The van der Waals surface area contributed by atoms with Gasteiger partial charge in [-0.1, -0.05) is 29.5 Å². The van der Waals surface area contributed by atoms with Crippen LogP contribution in [0, 0.1) is 5.82 Å². The lowest BCUT2D eigenvalue weighted by atomic mass is 10.3. The van der Waals surface area contributed by atoms with Gasteiger partial charge in [-0.25, -0.2) is 14.4 Å². The van der Waals surface area contributed by atoms with E-state index < -0.39 is 0 Å². The summed E-state index contributed by atoms with van der Waals surface area (Å²) in [6.45, 7) is 0.550. The first-order valence-corrected chi connectivity index (χ1v) is 9.52. The largest absolute Gasteiger partial charge is 0.493 e. The molecular weight excluding hydrogens is 379 g/mol. The second-order valence-electron chi connectivity index (χ2n) is 6.08. The van der Waals surface area contributed by atoms with E-state index in [0.717, 1.165) is 5.69 Å². The van der Waals surface area contributed by atoms with Crippen molar-refractivity contribution in [1.29, 1.82) is 0 Å². The third kappa shape index (κ3) is 4.17. The van der Waals surface area contributed by atoms with Gasteiger partial charge in [0, 0.05) is 6.20 Å². The predicted octanol–water partition coefficient (Wildman–Crippen LogP) is 4.16. The molecule has 4 rings (SSSR count). The highest BCUT2D eigenvalue weighted by atomic mass is 32.1. The number of para-hydroxylation sites is 1. The highest BCUT2D eigenvalue weighted by molar-refractivity contribution is 7.22. The molecule has 28 heavy (non-hydrogen) atoms. The van der Waals surface area contributed by atoms with Gasteiger partial charge in [0.2, 0.25) is 5.91 Å². The van der Waals surface area contributed by atoms with Crippen molar-refractivity contribution in [3.05, 3.63) is 72.6 Å². The second kappa shape index (κ2) is 8.18. The molecule has 0 unspecified atom stereocenters. The summed E-state index contributed by atoms with van der Waals surface area (Å²) in [5.41, 5.74) is 1.44. The van der Waals surface area contributed by atoms with Crippen molar-refractivity contribution in [1.82, 2.24) is 15.0 Å². The molecular formula is C20H17FN4O2S. The van der Waals surface area contributed by atoms with E-state index in [0.29, 0.717) is 27.6 Å². The SMILES string of the molecule is O=C(CCOc1ccccc1)N(Cc1cnc[nH]1)c1nc2ccc(F)cc2s1. The zero-order chi connectivity index (χ0) is 19.3. The average Bonchev–Trinajstić information content (AvgIpc) is 3.36. The van der Waals surface area contributed by atoms with Gasteiger partial charge in [-0.15, -0.1) is 0 Å². The monoisotopic (exact) mass is 396 g/mol. The first-order valence-electron chi connectivity index (χ1n) is 8.70. The van der Waals surface area contributed by atoms with E-state index >= 15 is 0 Å². The number of rotatable bonds is 7. The molecule has 0 spiro atoms. The van der Waals surface area contributed by atoms with E-state index in [1.54, 1.807) is 23.5 Å². The van der Waals surface area contributed by atoms with Gasteiger partial charge in [0.05, 0.1) is 41.8 Å². The molecule has 1 N–H and O–H groups in total. The smallest absolute Gasteiger partial charge is 0.232 e. The minimum Gasteiger partial charge on any atom is -0.493 e. The molecule has 8 heteroatoms. The summed E-state index contributed by atoms with van der Waals surface area (Å²) < 4.78 is 19.8. The van der Waals surface area contributed by atoms with Crippen LogP contribution < -0.4 is 9.64 Å². The van der Waals surface area contributed by atoms with Gasteiger partial charge in [-0.3, -0.25) is 9.69 Å². The Labute approximate surface area is 164 Å². The van der Waals surface area contributed by atoms with Gasteiger partial charge in [-0.2, -0.15) is 0 Å². The minimum atomic E-state index is -0.328. The molecule has 0 aliphatic heterocycles. The number of hydrogen-bond donors (Lipinski definition) is 1. The molecule has 0 fully saturated rings. The molecule has 142 valence electrons.